The topological polar surface area (TPSA) is 69.3 Å². The van der Waals surface area contributed by atoms with Gasteiger partial charge in [-0.2, -0.15) is 5.10 Å². The molecule has 0 aliphatic carbocycles. The SMILES string of the molecule is COc1cccc(Cn2nc(C)c(/C=C/C(=O)N[C@@H](C)c3ccco3)c2Cl)c1. The van der Waals surface area contributed by atoms with Gasteiger partial charge in [-0.3, -0.25) is 4.79 Å². The first-order valence-corrected chi connectivity index (χ1v) is 9.23. The van der Waals surface area contributed by atoms with E-state index in [-0.39, 0.29) is 11.9 Å². The molecule has 0 fully saturated rings. The van der Waals surface area contributed by atoms with Crippen LogP contribution >= 0.6 is 11.6 Å². The lowest BCUT2D eigenvalue weighted by Crippen LogP contribution is -2.24. The van der Waals surface area contributed by atoms with Crippen molar-refractivity contribution < 1.29 is 13.9 Å². The Balaban J connectivity index is 1.70. The molecule has 146 valence electrons. The maximum Gasteiger partial charge on any atom is 0.244 e. The number of methoxy groups -OCH3 is 1. The monoisotopic (exact) mass is 399 g/mol. The van der Waals surface area contributed by atoms with Gasteiger partial charge in [0.1, 0.15) is 16.7 Å². The van der Waals surface area contributed by atoms with Gasteiger partial charge in [0, 0.05) is 11.6 Å². The fraction of sp³-hybridized carbons (Fsp3) is 0.238. The Morgan fingerprint density at radius 1 is 1.39 bits per heavy atom. The second-order valence-corrected chi connectivity index (χ2v) is 6.74. The van der Waals surface area contributed by atoms with E-state index in [2.05, 4.69) is 10.4 Å². The lowest BCUT2D eigenvalue weighted by molar-refractivity contribution is -0.117. The lowest BCUT2D eigenvalue weighted by Gasteiger charge is -2.08. The molecule has 0 spiro atoms. The lowest BCUT2D eigenvalue weighted by atomic mass is 10.2. The van der Waals surface area contributed by atoms with Gasteiger partial charge in [0.15, 0.2) is 0 Å². The third kappa shape index (κ3) is 4.64. The number of nitrogens with zero attached hydrogens (tertiary/aromatic N) is 2. The van der Waals surface area contributed by atoms with Crippen LogP contribution in [0.15, 0.2) is 53.2 Å². The number of amides is 1. The molecule has 28 heavy (non-hydrogen) atoms. The van der Waals surface area contributed by atoms with Gasteiger partial charge in [-0.05, 0) is 49.8 Å². The number of hydrogen-bond donors (Lipinski definition) is 1. The molecule has 0 bridgehead atoms. The van der Waals surface area contributed by atoms with Crippen molar-refractivity contribution in [1.82, 2.24) is 15.1 Å². The summed E-state index contributed by atoms with van der Waals surface area (Å²) in [6, 6.07) is 11.1. The van der Waals surface area contributed by atoms with E-state index in [0.717, 1.165) is 17.0 Å². The molecule has 0 saturated carbocycles. The van der Waals surface area contributed by atoms with E-state index in [1.165, 1.54) is 6.08 Å². The van der Waals surface area contributed by atoms with Crippen molar-refractivity contribution in [2.75, 3.05) is 7.11 Å². The summed E-state index contributed by atoms with van der Waals surface area (Å²) in [7, 11) is 1.63. The van der Waals surface area contributed by atoms with Crippen LogP contribution in [0.5, 0.6) is 5.75 Å². The molecule has 0 saturated heterocycles. The van der Waals surface area contributed by atoms with Crippen molar-refractivity contribution in [2.45, 2.75) is 26.4 Å². The summed E-state index contributed by atoms with van der Waals surface area (Å²) in [6.45, 7) is 4.22. The zero-order valence-corrected chi connectivity index (χ0v) is 16.7. The van der Waals surface area contributed by atoms with E-state index in [1.54, 1.807) is 30.2 Å². The number of benzene rings is 1. The number of halogens is 1. The van der Waals surface area contributed by atoms with Gasteiger partial charge in [-0.1, -0.05) is 23.7 Å². The Morgan fingerprint density at radius 2 is 2.21 bits per heavy atom. The van der Waals surface area contributed by atoms with Crippen LogP contribution in [0.1, 0.15) is 35.5 Å². The summed E-state index contributed by atoms with van der Waals surface area (Å²) in [5.41, 5.74) is 2.48. The molecule has 0 aliphatic rings. The van der Waals surface area contributed by atoms with E-state index in [4.69, 9.17) is 20.8 Å². The highest BCUT2D eigenvalue weighted by Gasteiger charge is 2.13. The highest BCUT2D eigenvalue weighted by atomic mass is 35.5. The van der Waals surface area contributed by atoms with E-state index >= 15 is 0 Å². The van der Waals surface area contributed by atoms with Gasteiger partial charge in [0.25, 0.3) is 0 Å². The smallest absolute Gasteiger partial charge is 0.244 e. The second kappa shape index (κ2) is 8.80. The molecule has 1 N–H and O–H groups in total. The van der Waals surface area contributed by atoms with Crippen LogP contribution in [0.2, 0.25) is 5.15 Å². The Morgan fingerprint density at radius 3 is 2.93 bits per heavy atom. The second-order valence-electron chi connectivity index (χ2n) is 6.38. The highest BCUT2D eigenvalue weighted by Crippen LogP contribution is 2.23. The summed E-state index contributed by atoms with van der Waals surface area (Å²) < 4.78 is 12.2. The molecule has 6 nitrogen and oxygen atoms in total. The third-order valence-corrected chi connectivity index (χ3v) is 4.70. The number of carbonyl (C=O) groups excluding carboxylic acids is 1. The van der Waals surface area contributed by atoms with Crippen molar-refractivity contribution in [3.63, 3.8) is 0 Å². The summed E-state index contributed by atoms with van der Waals surface area (Å²) >= 11 is 6.49. The Hall–Kier alpha value is -2.99. The number of aryl methyl sites for hydroxylation is 1. The summed E-state index contributed by atoms with van der Waals surface area (Å²) in [6.07, 6.45) is 4.70. The van der Waals surface area contributed by atoms with Crippen LogP contribution < -0.4 is 10.1 Å². The Kier molecular flexibility index (Phi) is 6.21. The number of nitrogens with one attached hydrogen (secondary N) is 1. The van der Waals surface area contributed by atoms with E-state index in [0.29, 0.717) is 23.0 Å². The molecule has 1 aromatic carbocycles. The van der Waals surface area contributed by atoms with Crippen molar-refractivity contribution in [3.05, 3.63) is 76.5 Å². The first-order chi connectivity index (χ1) is 13.5. The largest absolute Gasteiger partial charge is 0.497 e. The van der Waals surface area contributed by atoms with Crippen LogP contribution in [-0.2, 0) is 11.3 Å². The van der Waals surface area contributed by atoms with Crippen molar-refractivity contribution >= 4 is 23.6 Å². The molecule has 1 amide bonds. The zero-order valence-electron chi connectivity index (χ0n) is 16.0. The normalized spacial score (nSPS) is 12.3. The molecule has 0 unspecified atom stereocenters. The van der Waals surface area contributed by atoms with Crippen molar-refractivity contribution in [3.8, 4) is 5.75 Å². The van der Waals surface area contributed by atoms with Gasteiger partial charge in [-0.25, -0.2) is 4.68 Å². The minimum atomic E-state index is -0.236. The van der Waals surface area contributed by atoms with E-state index in [1.807, 2.05) is 44.2 Å². The van der Waals surface area contributed by atoms with Crippen LogP contribution in [0.25, 0.3) is 6.08 Å². The molecule has 1 atom stereocenters. The average Bonchev–Trinajstić information content (AvgIpc) is 3.30. The zero-order chi connectivity index (χ0) is 20.1. The minimum absolute atomic E-state index is 0.223. The van der Waals surface area contributed by atoms with Crippen molar-refractivity contribution in [2.24, 2.45) is 0 Å². The quantitative estimate of drug-likeness (QED) is 0.598. The predicted octanol–water partition coefficient (Wildman–Crippen LogP) is 4.39. The summed E-state index contributed by atoms with van der Waals surface area (Å²) in [5, 5.41) is 7.81. The molecule has 2 aromatic heterocycles. The maximum atomic E-state index is 12.2. The number of carbonyl (C=O) groups is 1. The minimum Gasteiger partial charge on any atom is -0.497 e. The van der Waals surface area contributed by atoms with Crippen molar-refractivity contribution in [1.29, 1.82) is 0 Å². The Labute approximate surface area is 168 Å². The van der Waals surface area contributed by atoms with Gasteiger partial charge in [-0.15, -0.1) is 0 Å². The summed E-state index contributed by atoms with van der Waals surface area (Å²) in [4.78, 5) is 12.2. The van der Waals surface area contributed by atoms with Gasteiger partial charge >= 0.3 is 0 Å². The first-order valence-electron chi connectivity index (χ1n) is 8.85. The molecule has 7 heteroatoms. The molecule has 3 aromatic rings. The highest BCUT2D eigenvalue weighted by molar-refractivity contribution is 6.31. The van der Waals surface area contributed by atoms with Crippen LogP contribution in [0.3, 0.4) is 0 Å². The number of hydrogen-bond acceptors (Lipinski definition) is 4. The molecule has 0 aliphatic heterocycles. The average molecular weight is 400 g/mol. The number of ether oxygens (including phenoxy) is 1. The van der Waals surface area contributed by atoms with E-state index in [9.17, 15) is 4.79 Å². The molecular weight excluding hydrogens is 378 g/mol. The predicted molar refractivity (Wildman–Crippen MR) is 108 cm³/mol. The molecule has 3 rings (SSSR count). The molecule has 2 heterocycles. The maximum absolute atomic E-state index is 12.2. The number of furan rings is 1. The van der Waals surface area contributed by atoms with Crippen LogP contribution in [0.4, 0.5) is 0 Å². The van der Waals surface area contributed by atoms with Crippen LogP contribution in [-0.4, -0.2) is 22.8 Å². The van der Waals surface area contributed by atoms with Gasteiger partial charge in [0.05, 0.1) is 31.7 Å². The summed E-state index contributed by atoms with van der Waals surface area (Å²) in [5.74, 6) is 1.24. The van der Waals surface area contributed by atoms with Gasteiger partial charge < -0.3 is 14.5 Å². The number of aromatic nitrogens is 2. The molecular formula is C21H22ClN3O3. The molecule has 0 radical (unpaired) electrons. The number of rotatable bonds is 7. The Bertz CT molecular complexity index is 977. The van der Waals surface area contributed by atoms with Gasteiger partial charge in [0.2, 0.25) is 5.91 Å². The third-order valence-electron chi connectivity index (χ3n) is 4.31. The first kappa shape index (κ1) is 19.8. The van der Waals surface area contributed by atoms with E-state index < -0.39 is 0 Å². The fourth-order valence-electron chi connectivity index (χ4n) is 2.83. The fourth-order valence-corrected chi connectivity index (χ4v) is 3.13. The van der Waals surface area contributed by atoms with Crippen LogP contribution in [0, 0.1) is 6.92 Å². The standard InChI is InChI=1S/C21H22ClN3O3/c1-14-18(9-10-20(26)23-15(2)19-8-5-11-28-19)21(22)25(24-14)13-16-6-4-7-17(12-16)27-3/h4-12,15H,13H2,1-3H3,(H,23,26)/b10-9+/t15-/m0/s1.